The minimum absolute atomic E-state index is 0.445. The van der Waals surface area contributed by atoms with E-state index in [1.54, 1.807) is 0 Å². The van der Waals surface area contributed by atoms with Gasteiger partial charge >= 0.3 is 0 Å². The molecule has 0 saturated heterocycles. The summed E-state index contributed by atoms with van der Waals surface area (Å²) in [4.78, 5) is 0. The van der Waals surface area contributed by atoms with Gasteiger partial charge in [0.2, 0.25) is 0 Å². The lowest BCUT2D eigenvalue weighted by Crippen LogP contribution is -2.09. The molecule has 0 saturated carbocycles. The van der Waals surface area contributed by atoms with Crippen LogP contribution in [0.4, 0.5) is 10.8 Å². The van der Waals surface area contributed by atoms with Crippen molar-refractivity contribution in [2.75, 3.05) is 37.4 Å². The Bertz CT molecular complexity index is 291. The van der Waals surface area contributed by atoms with E-state index in [1.165, 1.54) is 11.5 Å². The van der Waals surface area contributed by atoms with E-state index in [4.69, 9.17) is 15.2 Å². The third kappa shape index (κ3) is 3.56. The summed E-state index contributed by atoms with van der Waals surface area (Å²) >= 11 is 1.31. The fourth-order valence-electron chi connectivity index (χ4n) is 1.07. The highest BCUT2D eigenvalue weighted by Gasteiger charge is 2.11. The van der Waals surface area contributed by atoms with Gasteiger partial charge in [0.05, 0.1) is 13.2 Å². The number of hydrogen-bond acceptors (Lipinski definition) is 6. The molecule has 1 rings (SSSR count). The topological polar surface area (TPSA) is 69.4 Å². The minimum atomic E-state index is 0.445. The van der Waals surface area contributed by atoms with Crippen LogP contribution in [0.3, 0.4) is 0 Å². The Hall–Kier alpha value is -1.01. The van der Waals surface area contributed by atoms with Gasteiger partial charge in [-0.25, -0.2) is 0 Å². The quantitative estimate of drug-likeness (QED) is 0.697. The van der Waals surface area contributed by atoms with Gasteiger partial charge in [-0.05, 0) is 25.4 Å². The zero-order valence-electron chi connectivity index (χ0n) is 9.08. The first-order chi connectivity index (χ1) is 7.29. The Morgan fingerprint density at radius 1 is 1.40 bits per heavy atom. The molecule has 0 unspecified atom stereocenters. The molecule has 0 amide bonds. The fraction of sp³-hybridized carbons (Fsp3) is 0.667. The number of anilines is 2. The third-order valence-electron chi connectivity index (χ3n) is 1.70. The first-order valence-corrected chi connectivity index (χ1v) is 5.76. The van der Waals surface area contributed by atoms with Crippen LogP contribution in [0.25, 0.3) is 0 Å². The lowest BCUT2D eigenvalue weighted by molar-refractivity contribution is 0.158. The van der Waals surface area contributed by atoms with Crippen LogP contribution in [-0.2, 0) is 4.74 Å². The molecule has 3 N–H and O–H groups in total. The molecule has 0 radical (unpaired) electrons. The predicted octanol–water partition coefficient (Wildman–Crippen LogP) is 1.57. The molecule has 15 heavy (non-hydrogen) atoms. The molecule has 0 spiro atoms. The lowest BCUT2D eigenvalue weighted by Gasteiger charge is -2.07. The van der Waals surface area contributed by atoms with E-state index in [-0.39, 0.29) is 0 Å². The summed E-state index contributed by atoms with van der Waals surface area (Å²) in [6.45, 7) is 6.60. The summed E-state index contributed by atoms with van der Waals surface area (Å²) in [6.07, 6.45) is 0. The summed E-state index contributed by atoms with van der Waals surface area (Å²) in [5, 5.41) is 4.05. The lowest BCUT2D eigenvalue weighted by atomic mass is 10.5. The minimum Gasteiger partial charge on any atom is -0.487 e. The van der Waals surface area contributed by atoms with Gasteiger partial charge in [-0.15, -0.1) is 0 Å². The molecule has 1 aromatic heterocycles. The Labute approximate surface area is 93.7 Å². The molecule has 0 aliphatic rings. The maximum Gasteiger partial charge on any atom is 0.197 e. The van der Waals surface area contributed by atoms with E-state index in [0.29, 0.717) is 24.8 Å². The van der Waals surface area contributed by atoms with Crippen LogP contribution in [0.1, 0.15) is 13.8 Å². The van der Waals surface area contributed by atoms with Crippen molar-refractivity contribution < 1.29 is 9.47 Å². The van der Waals surface area contributed by atoms with Gasteiger partial charge in [0, 0.05) is 13.2 Å². The van der Waals surface area contributed by atoms with E-state index >= 15 is 0 Å². The van der Waals surface area contributed by atoms with Gasteiger partial charge in [0.15, 0.2) is 16.6 Å². The van der Waals surface area contributed by atoms with Gasteiger partial charge in [0.25, 0.3) is 0 Å². The van der Waals surface area contributed by atoms with Crippen molar-refractivity contribution in [2.24, 2.45) is 0 Å². The Balaban J connectivity index is 2.45. The number of rotatable bonds is 7. The van der Waals surface area contributed by atoms with Crippen LogP contribution in [-0.4, -0.2) is 30.7 Å². The zero-order valence-corrected chi connectivity index (χ0v) is 9.89. The van der Waals surface area contributed by atoms with Crippen molar-refractivity contribution in [2.45, 2.75) is 13.8 Å². The average Bonchev–Trinajstić information content (AvgIpc) is 2.57. The van der Waals surface area contributed by atoms with Gasteiger partial charge in [-0.3, -0.25) is 0 Å². The van der Waals surface area contributed by atoms with E-state index in [9.17, 15) is 0 Å². The monoisotopic (exact) mass is 231 g/mol. The van der Waals surface area contributed by atoms with Crippen LogP contribution < -0.4 is 15.8 Å². The molecule has 5 nitrogen and oxygen atoms in total. The maximum atomic E-state index is 5.66. The highest BCUT2D eigenvalue weighted by molar-refractivity contribution is 7.11. The molecule has 0 aliphatic heterocycles. The molecule has 1 heterocycles. The number of nitrogens with two attached hydrogens (primary N) is 1. The summed E-state index contributed by atoms with van der Waals surface area (Å²) in [6, 6.07) is 0. The fourth-order valence-corrected chi connectivity index (χ4v) is 1.76. The number of hydrogen-bond donors (Lipinski definition) is 2. The van der Waals surface area contributed by atoms with Crippen LogP contribution in [0, 0.1) is 0 Å². The molecule has 0 aromatic carbocycles. The van der Waals surface area contributed by atoms with Crippen molar-refractivity contribution >= 4 is 22.4 Å². The van der Waals surface area contributed by atoms with Gasteiger partial charge in [-0.2, -0.15) is 4.37 Å². The molecule has 0 fully saturated rings. The van der Waals surface area contributed by atoms with Crippen molar-refractivity contribution in [3.05, 3.63) is 0 Å². The summed E-state index contributed by atoms with van der Waals surface area (Å²) in [5.41, 5.74) is 5.66. The number of nitrogens with zero attached hydrogens (tertiary/aromatic N) is 1. The van der Waals surface area contributed by atoms with Crippen molar-refractivity contribution in [3.8, 4) is 5.75 Å². The van der Waals surface area contributed by atoms with E-state index < -0.39 is 0 Å². The average molecular weight is 231 g/mol. The molecule has 1 aromatic rings. The second-order valence-electron chi connectivity index (χ2n) is 2.78. The van der Waals surface area contributed by atoms with E-state index in [2.05, 4.69) is 9.69 Å². The van der Waals surface area contributed by atoms with E-state index in [0.717, 1.165) is 18.2 Å². The van der Waals surface area contributed by atoms with Crippen molar-refractivity contribution in [3.63, 3.8) is 0 Å². The molecule has 0 aliphatic carbocycles. The van der Waals surface area contributed by atoms with Crippen LogP contribution in [0.5, 0.6) is 5.75 Å². The van der Waals surface area contributed by atoms with E-state index in [1.807, 2.05) is 13.8 Å². The first kappa shape index (κ1) is 12.1. The largest absolute Gasteiger partial charge is 0.487 e. The SMILES string of the molecule is CCOCCNc1snc(N)c1OCC. The van der Waals surface area contributed by atoms with Gasteiger partial charge in [-0.1, -0.05) is 0 Å². The number of aromatic nitrogens is 1. The van der Waals surface area contributed by atoms with Gasteiger partial charge < -0.3 is 20.5 Å². The van der Waals surface area contributed by atoms with Crippen molar-refractivity contribution in [1.29, 1.82) is 0 Å². The molecule has 0 atom stereocenters. The van der Waals surface area contributed by atoms with Crippen LogP contribution >= 0.6 is 11.5 Å². The predicted molar refractivity (Wildman–Crippen MR) is 62.7 cm³/mol. The first-order valence-electron chi connectivity index (χ1n) is 4.99. The third-order valence-corrected chi connectivity index (χ3v) is 2.50. The number of ether oxygens (including phenoxy) is 2. The second-order valence-corrected chi connectivity index (χ2v) is 3.56. The molecular formula is C9H17N3O2S. The van der Waals surface area contributed by atoms with Crippen LogP contribution in [0.15, 0.2) is 0 Å². The molecule has 0 bridgehead atoms. The Morgan fingerprint density at radius 2 is 2.20 bits per heavy atom. The van der Waals surface area contributed by atoms with Crippen molar-refractivity contribution in [1.82, 2.24) is 4.37 Å². The smallest absolute Gasteiger partial charge is 0.197 e. The zero-order chi connectivity index (χ0) is 11.1. The Kier molecular flexibility index (Phi) is 5.20. The maximum absolute atomic E-state index is 5.66. The molecule has 86 valence electrons. The molecule has 6 heteroatoms. The standard InChI is InChI=1S/C9H17N3O2S/c1-3-13-6-5-11-9-7(14-4-2)8(10)12-15-9/h11H,3-6H2,1-2H3,(H2,10,12). The van der Waals surface area contributed by atoms with Gasteiger partial charge in [0.1, 0.15) is 0 Å². The second kappa shape index (κ2) is 6.47. The van der Waals surface area contributed by atoms with Crippen LogP contribution in [0.2, 0.25) is 0 Å². The number of nitrogen functional groups attached to an aromatic ring is 1. The highest BCUT2D eigenvalue weighted by atomic mass is 32.1. The summed E-state index contributed by atoms with van der Waals surface area (Å²) < 4.78 is 14.6. The molecular weight excluding hydrogens is 214 g/mol. The summed E-state index contributed by atoms with van der Waals surface area (Å²) in [7, 11) is 0. The highest BCUT2D eigenvalue weighted by Crippen LogP contribution is 2.34. The summed E-state index contributed by atoms with van der Waals surface area (Å²) in [5.74, 6) is 1.10. The Morgan fingerprint density at radius 3 is 2.87 bits per heavy atom. The number of nitrogens with one attached hydrogen (secondary N) is 1. The normalized spacial score (nSPS) is 10.3.